The Hall–Kier alpha value is -1.50. The van der Waals surface area contributed by atoms with Gasteiger partial charge in [-0.2, -0.15) is 0 Å². The zero-order chi connectivity index (χ0) is 16.4. The van der Waals surface area contributed by atoms with Crippen LogP contribution < -0.4 is 10.5 Å². The summed E-state index contributed by atoms with van der Waals surface area (Å²) in [6, 6.07) is 4.77. The normalized spacial score (nSPS) is 12.0. The van der Waals surface area contributed by atoms with Crippen LogP contribution in [0.15, 0.2) is 28.9 Å². The summed E-state index contributed by atoms with van der Waals surface area (Å²) in [6.07, 6.45) is 0.502. The lowest BCUT2D eigenvalue weighted by Gasteiger charge is -2.16. The number of rotatable bonds is 4. The maximum atomic E-state index is 11.1. The number of nitrogens with zero attached hydrogens (tertiary/aromatic N) is 1. The van der Waals surface area contributed by atoms with E-state index in [0.717, 1.165) is 0 Å². The van der Waals surface area contributed by atoms with E-state index in [1.807, 2.05) is 0 Å². The third-order valence-electron chi connectivity index (χ3n) is 2.84. The van der Waals surface area contributed by atoms with E-state index in [9.17, 15) is 9.90 Å². The number of phenolic OH excluding ortho intramolecular Hbond substituents is 1. The van der Waals surface area contributed by atoms with E-state index in [-0.39, 0.29) is 16.5 Å². The molecular formula is C14H11BrCl2N2O3. The lowest BCUT2D eigenvalue weighted by Crippen LogP contribution is -2.30. The zero-order valence-corrected chi connectivity index (χ0v) is 14.4. The number of halogens is 3. The second kappa shape index (κ2) is 6.73. The molecule has 1 aromatic carbocycles. The predicted octanol–water partition coefficient (Wildman–Crippen LogP) is 3.78. The maximum Gasteiger partial charge on any atom is 0.258 e. The Morgan fingerprint density at radius 3 is 2.73 bits per heavy atom. The number of hydrogen-bond acceptors (Lipinski definition) is 4. The van der Waals surface area contributed by atoms with Crippen LogP contribution in [0, 0.1) is 0 Å². The van der Waals surface area contributed by atoms with Crippen LogP contribution in [0.5, 0.6) is 11.5 Å². The van der Waals surface area contributed by atoms with Crippen molar-refractivity contribution < 1.29 is 14.6 Å². The number of phenols is 1. The van der Waals surface area contributed by atoms with Crippen molar-refractivity contribution in [2.24, 2.45) is 5.73 Å². The zero-order valence-electron chi connectivity index (χ0n) is 11.3. The molecule has 1 aromatic heterocycles. The highest BCUT2D eigenvalue weighted by atomic mass is 79.9. The lowest BCUT2D eigenvalue weighted by atomic mass is 10.1. The second-order valence-corrected chi connectivity index (χ2v) is 6.12. The molecule has 0 fully saturated rings. The Balaban J connectivity index is 2.53. The van der Waals surface area contributed by atoms with Gasteiger partial charge < -0.3 is 15.6 Å². The number of aromatic nitrogens is 1. The largest absolute Gasteiger partial charge is 0.504 e. The molecule has 8 heteroatoms. The van der Waals surface area contributed by atoms with E-state index in [1.54, 1.807) is 12.1 Å². The van der Waals surface area contributed by atoms with Crippen molar-refractivity contribution in [3.8, 4) is 22.8 Å². The highest BCUT2D eigenvalue weighted by Crippen LogP contribution is 2.43. The number of benzene rings is 1. The predicted molar refractivity (Wildman–Crippen MR) is 88.3 cm³/mol. The SMILES string of the molecule is CC(Oc1c(Br)ccc(-c2ncc(Cl)cc2Cl)c1O)C(N)=O. The molecule has 0 aliphatic rings. The van der Waals surface area contributed by atoms with Gasteiger partial charge in [0.15, 0.2) is 17.6 Å². The first-order chi connectivity index (χ1) is 10.3. The molecule has 0 radical (unpaired) electrons. The molecule has 2 rings (SSSR count). The van der Waals surface area contributed by atoms with E-state index < -0.39 is 12.0 Å². The third-order valence-corrected chi connectivity index (χ3v) is 3.96. The quantitative estimate of drug-likeness (QED) is 0.810. The Morgan fingerprint density at radius 2 is 2.14 bits per heavy atom. The molecule has 0 saturated heterocycles. The number of nitrogens with two attached hydrogens (primary N) is 1. The molecule has 2 aromatic rings. The topological polar surface area (TPSA) is 85.4 Å². The standard InChI is InChI=1S/C14H11BrCl2N2O3/c1-6(14(18)21)22-13-9(15)3-2-8(12(13)20)11-10(17)4-7(16)5-19-11/h2-6,20H,1H3,(H2,18,21). The highest BCUT2D eigenvalue weighted by molar-refractivity contribution is 9.10. The molecule has 1 amide bonds. The van der Waals surface area contributed by atoms with E-state index >= 15 is 0 Å². The highest BCUT2D eigenvalue weighted by Gasteiger charge is 2.20. The van der Waals surface area contributed by atoms with Gasteiger partial charge in [-0.05, 0) is 41.1 Å². The molecule has 0 saturated carbocycles. The van der Waals surface area contributed by atoms with E-state index in [0.29, 0.717) is 20.8 Å². The lowest BCUT2D eigenvalue weighted by molar-refractivity contribution is -0.124. The molecule has 1 unspecified atom stereocenters. The summed E-state index contributed by atoms with van der Waals surface area (Å²) in [5.74, 6) is -0.782. The second-order valence-electron chi connectivity index (χ2n) is 4.42. The summed E-state index contributed by atoms with van der Waals surface area (Å²) >= 11 is 15.2. The molecule has 22 heavy (non-hydrogen) atoms. The summed E-state index contributed by atoms with van der Waals surface area (Å²) in [6.45, 7) is 1.48. The van der Waals surface area contributed by atoms with Crippen LogP contribution in [0.1, 0.15) is 6.92 Å². The molecule has 3 N–H and O–H groups in total. The number of pyridine rings is 1. The van der Waals surface area contributed by atoms with Gasteiger partial charge in [0.05, 0.1) is 20.2 Å². The number of amides is 1. The van der Waals surface area contributed by atoms with E-state index in [4.69, 9.17) is 33.7 Å². The first-order valence-corrected chi connectivity index (χ1v) is 7.65. The van der Waals surface area contributed by atoms with Crippen molar-refractivity contribution in [1.82, 2.24) is 4.98 Å². The Labute approximate surface area is 145 Å². The summed E-state index contributed by atoms with van der Waals surface area (Å²) in [5.41, 5.74) is 5.85. The average molecular weight is 406 g/mol. The maximum absolute atomic E-state index is 11.1. The minimum absolute atomic E-state index is 0.0802. The number of carbonyl (C=O) groups is 1. The smallest absolute Gasteiger partial charge is 0.258 e. The number of aromatic hydroxyl groups is 1. The minimum atomic E-state index is -0.911. The monoisotopic (exact) mass is 404 g/mol. The van der Waals surface area contributed by atoms with Gasteiger partial charge in [-0.3, -0.25) is 9.78 Å². The molecule has 116 valence electrons. The minimum Gasteiger partial charge on any atom is -0.504 e. The molecule has 0 aliphatic carbocycles. The third kappa shape index (κ3) is 3.45. The van der Waals surface area contributed by atoms with Crippen molar-refractivity contribution in [1.29, 1.82) is 0 Å². The van der Waals surface area contributed by atoms with Gasteiger partial charge in [-0.1, -0.05) is 23.2 Å². The van der Waals surface area contributed by atoms with Gasteiger partial charge in [0.1, 0.15) is 0 Å². The van der Waals surface area contributed by atoms with Crippen molar-refractivity contribution in [3.05, 3.63) is 38.9 Å². The summed E-state index contributed by atoms with van der Waals surface area (Å²) < 4.78 is 5.86. The fourth-order valence-corrected chi connectivity index (χ4v) is 2.59. The van der Waals surface area contributed by atoms with Crippen LogP contribution in [0.4, 0.5) is 0 Å². The van der Waals surface area contributed by atoms with Gasteiger partial charge in [0.25, 0.3) is 5.91 Å². The van der Waals surface area contributed by atoms with Gasteiger partial charge >= 0.3 is 0 Å². The Morgan fingerprint density at radius 1 is 1.45 bits per heavy atom. The number of hydrogen-bond donors (Lipinski definition) is 2. The van der Waals surface area contributed by atoms with Crippen LogP contribution in [-0.4, -0.2) is 22.1 Å². The van der Waals surface area contributed by atoms with E-state index in [1.165, 1.54) is 19.2 Å². The summed E-state index contributed by atoms with van der Waals surface area (Å²) in [7, 11) is 0. The molecule has 1 heterocycles. The van der Waals surface area contributed by atoms with Crippen molar-refractivity contribution in [3.63, 3.8) is 0 Å². The number of ether oxygens (including phenoxy) is 1. The number of carbonyl (C=O) groups excluding carboxylic acids is 1. The Kier molecular flexibility index (Phi) is 5.16. The summed E-state index contributed by atoms with van der Waals surface area (Å²) in [5, 5.41) is 11.1. The fourth-order valence-electron chi connectivity index (χ4n) is 1.70. The number of primary amides is 1. The average Bonchev–Trinajstić information content (AvgIpc) is 2.44. The molecule has 1 atom stereocenters. The van der Waals surface area contributed by atoms with Crippen LogP contribution in [0.2, 0.25) is 10.0 Å². The van der Waals surface area contributed by atoms with Gasteiger partial charge in [0.2, 0.25) is 0 Å². The first-order valence-electron chi connectivity index (χ1n) is 6.10. The Bertz CT molecular complexity index is 740. The van der Waals surface area contributed by atoms with Crippen LogP contribution in [0.3, 0.4) is 0 Å². The van der Waals surface area contributed by atoms with Crippen LogP contribution >= 0.6 is 39.1 Å². The first kappa shape index (κ1) is 16.9. The van der Waals surface area contributed by atoms with Gasteiger partial charge in [-0.15, -0.1) is 0 Å². The fraction of sp³-hybridized carbons (Fsp3) is 0.143. The molecule has 0 bridgehead atoms. The molecular weight excluding hydrogens is 395 g/mol. The van der Waals surface area contributed by atoms with Gasteiger partial charge in [-0.25, -0.2) is 0 Å². The molecule has 5 nitrogen and oxygen atoms in total. The van der Waals surface area contributed by atoms with Crippen LogP contribution in [-0.2, 0) is 4.79 Å². The van der Waals surface area contributed by atoms with Crippen molar-refractivity contribution in [2.75, 3.05) is 0 Å². The van der Waals surface area contributed by atoms with Crippen molar-refractivity contribution >= 4 is 45.0 Å². The molecule has 0 aliphatic heterocycles. The van der Waals surface area contributed by atoms with Crippen molar-refractivity contribution in [2.45, 2.75) is 13.0 Å². The van der Waals surface area contributed by atoms with Crippen LogP contribution in [0.25, 0.3) is 11.3 Å². The van der Waals surface area contributed by atoms with E-state index in [2.05, 4.69) is 20.9 Å². The van der Waals surface area contributed by atoms with Gasteiger partial charge in [0, 0.05) is 11.8 Å². The molecule has 0 spiro atoms. The summed E-state index contributed by atoms with van der Waals surface area (Å²) in [4.78, 5) is 15.2.